The number of carbonyl (C=O) groups excluding carboxylic acids is 1. The van der Waals surface area contributed by atoms with Gasteiger partial charge in [0.25, 0.3) is 0 Å². The molecule has 1 atom stereocenters. The molecule has 7 nitrogen and oxygen atoms in total. The summed E-state index contributed by atoms with van der Waals surface area (Å²) in [6, 6.07) is 10.7. The lowest BCUT2D eigenvalue weighted by Crippen LogP contribution is -2.24. The van der Waals surface area contributed by atoms with Crippen molar-refractivity contribution in [3.8, 4) is 17.2 Å². The third kappa shape index (κ3) is 3.66. The van der Waals surface area contributed by atoms with Crippen molar-refractivity contribution in [3.63, 3.8) is 0 Å². The fourth-order valence-corrected chi connectivity index (χ4v) is 3.27. The van der Waals surface area contributed by atoms with Crippen LogP contribution in [-0.4, -0.2) is 46.4 Å². The minimum atomic E-state index is -0.745. The van der Waals surface area contributed by atoms with Crippen LogP contribution in [0.5, 0.6) is 17.2 Å². The minimum absolute atomic E-state index is 0.0268. The highest BCUT2D eigenvalue weighted by atomic mass is 16.6. The molecular weight excluding hydrogens is 360 g/mol. The lowest BCUT2D eigenvalue weighted by Gasteiger charge is -2.19. The number of hydrogen-bond donors (Lipinski definition) is 1. The molecule has 0 radical (unpaired) electrons. The smallest absolute Gasteiger partial charge is 0.163 e. The number of aryl methyl sites for hydroxylation is 1. The molecule has 0 saturated heterocycles. The Morgan fingerprint density at radius 3 is 2.75 bits per heavy atom. The molecule has 3 aromatic rings. The molecule has 0 amide bonds. The van der Waals surface area contributed by atoms with E-state index in [0.29, 0.717) is 42.6 Å². The third-order valence-corrected chi connectivity index (χ3v) is 4.68. The van der Waals surface area contributed by atoms with Crippen molar-refractivity contribution in [1.82, 2.24) is 9.55 Å². The van der Waals surface area contributed by atoms with Crippen molar-refractivity contribution in [2.24, 2.45) is 0 Å². The number of aliphatic hydroxyl groups is 1. The van der Waals surface area contributed by atoms with Gasteiger partial charge in [0.2, 0.25) is 0 Å². The van der Waals surface area contributed by atoms with Crippen molar-refractivity contribution in [2.75, 3.05) is 19.8 Å². The number of rotatable bonds is 6. The van der Waals surface area contributed by atoms with Gasteiger partial charge >= 0.3 is 0 Å². The maximum absolute atomic E-state index is 11.5. The van der Waals surface area contributed by atoms with Crippen molar-refractivity contribution >= 4 is 16.8 Å². The summed E-state index contributed by atoms with van der Waals surface area (Å²) >= 11 is 0. The molecule has 0 fully saturated rings. The summed E-state index contributed by atoms with van der Waals surface area (Å²) in [6.45, 7) is 4.87. The van der Waals surface area contributed by atoms with Gasteiger partial charge in [-0.1, -0.05) is 12.1 Å². The summed E-state index contributed by atoms with van der Waals surface area (Å²) in [4.78, 5) is 16.0. The largest absolute Gasteiger partial charge is 0.491 e. The molecule has 0 spiro atoms. The SMILES string of the molecule is CC(=O)c1cccc(OC[C@@H](O)Cn2c(C)nc3cc4c(cc32)OCCO4)c1. The second-order valence-electron chi connectivity index (χ2n) is 6.80. The molecule has 2 heterocycles. The van der Waals surface area contributed by atoms with Gasteiger partial charge in [-0.25, -0.2) is 4.98 Å². The van der Waals surface area contributed by atoms with Crippen LogP contribution in [0.1, 0.15) is 23.1 Å². The number of carbonyl (C=O) groups is 1. The Morgan fingerprint density at radius 1 is 1.25 bits per heavy atom. The molecule has 1 aliphatic heterocycles. The number of benzene rings is 2. The zero-order valence-corrected chi connectivity index (χ0v) is 15.8. The third-order valence-electron chi connectivity index (χ3n) is 4.68. The lowest BCUT2D eigenvalue weighted by molar-refractivity contribution is 0.0927. The Hall–Kier alpha value is -3.06. The van der Waals surface area contributed by atoms with E-state index in [2.05, 4.69) is 4.98 Å². The van der Waals surface area contributed by atoms with E-state index in [-0.39, 0.29) is 12.4 Å². The molecule has 0 unspecified atom stereocenters. The van der Waals surface area contributed by atoms with Crippen LogP contribution in [0.3, 0.4) is 0 Å². The van der Waals surface area contributed by atoms with Crippen LogP contribution < -0.4 is 14.2 Å². The van der Waals surface area contributed by atoms with E-state index in [9.17, 15) is 9.90 Å². The fourth-order valence-electron chi connectivity index (χ4n) is 3.27. The molecule has 0 aliphatic carbocycles. The van der Waals surface area contributed by atoms with Crippen LogP contribution in [-0.2, 0) is 6.54 Å². The van der Waals surface area contributed by atoms with Crippen molar-refractivity contribution < 1.29 is 24.1 Å². The molecule has 1 aliphatic rings. The molecule has 7 heteroatoms. The molecule has 146 valence electrons. The van der Waals surface area contributed by atoms with Crippen LogP contribution in [0.25, 0.3) is 11.0 Å². The summed E-state index contributed by atoms with van der Waals surface area (Å²) in [6.07, 6.45) is -0.745. The number of aromatic nitrogens is 2. The topological polar surface area (TPSA) is 82.8 Å². The first-order valence-electron chi connectivity index (χ1n) is 9.19. The highest BCUT2D eigenvalue weighted by Gasteiger charge is 2.18. The highest BCUT2D eigenvalue weighted by Crippen LogP contribution is 2.34. The molecular formula is C21H22N2O5. The van der Waals surface area contributed by atoms with Crippen LogP contribution in [0, 0.1) is 6.92 Å². The standard InChI is InChI=1S/C21H22N2O5/c1-13(24)15-4-3-5-17(8-15)28-12-16(25)11-23-14(2)22-18-9-20-21(10-19(18)23)27-7-6-26-20/h3-5,8-10,16,25H,6-7,11-12H2,1-2H3/t16-/m0/s1. The summed E-state index contributed by atoms with van der Waals surface area (Å²) in [5, 5.41) is 10.5. The number of imidazole rings is 1. The Labute approximate surface area is 162 Å². The van der Waals surface area contributed by atoms with Gasteiger partial charge in [0.1, 0.15) is 37.5 Å². The quantitative estimate of drug-likeness (QED) is 0.660. The van der Waals surface area contributed by atoms with Gasteiger partial charge in [0, 0.05) is 17.7 Å². The molecule has 4 rings (SSSR count). The average molecular weight is 382 g/mol. The number of ketones is 1. The maximum atomic E-state index is 11.5. The van der Waals surface area contributed by atoms with E-state index in [1.165, 1.54) is 6.92 Å². The van der Waals surface area contributed by atoms with E-state index in [1.807, 2.05) is 23.6 Å². The molecule has 1 aromatic heterocycles. The fraction of sp³-hybridized carbons (Fsp3) is 0.333. The zero-order valence-electron chi connectivity index (χ0n) is 15.8. The first-order chi connectivity index (χ1) is 13.5. The summed E-state index contributed by atoms with van der Waals surface area (Å²) in [5.74, 6) is 2.69. The van der Waals surface area contributed by atoms with Gasteiger partial charge < -0.3 is 23.9 Å². The van der Waals surface area contributed by atoms with Crippen molar-refractivity contribution in [3.05, 3.63) is 47.8 Å². The number of hydrogen-bond acceptors (Lipinski definition) is 6. The Balaban J connectivity index is 1.49. The van der Waals surface area contributed by atoms with Gasteiger partial charge in [-0.15, -0.1) is 0 Å². The number of Topliss-reactive ketones (excluding diaryl/α,β-unsaturated/α-hetero) is 1. The molecule has 28 heavy (non-hydrogen) atoms. The molecule has 0 saturated carbocycles. The first-order valence-corrected chi connectivity index (χ1v) is 9.19. The Kier molecular flexibility index (Phi) is 4.92. The van der Waals surface area contributed by atoms with Gasteiger partial charge in [-0.3, -0.25) is 4.79 Å². The minimum Gasteiger partial charge on any atom is -0.491 e. The van der Waals surface area contributed by atoms with Crippen LogP contribution in [0.2, 0.25) is 0 Å². The van der Waals surface area contributed by atoms with Gasteiger partial charge in [-0.05, 0) is 26.0 Å². The number of nitrogens with zero attached hydrogens (tertiary/aromatic N) is 2. The molecule has 1 N–H and O–H groups in total. The van der Waals surface area contributed by atoms with E-state index in [1.54, 1.807) is 24.3 Å². The summed E-state index contributed by atoms with van der Waals surface area (Å²) in [7, 11) is 0. The Morgan fingerprint density at radius 2 is 2.00 bits per heavy atom. The van der Waals surface area contributed by atoms with Crippen LogP contribution in [0.15, 0.2) is 36.4 Å². The zero-order chi connectivity index (χ0) is 19.7. The van der Waals surface area contributed by atoms with E-state index < -0.39 is 6.10 Å². The van der Waals surface area contributed by atoms with Gasteiger partial charge in [-0.2, -0.15) is 0 Å². The van der Waals surface area contributed by atoms with Gasteiger partial charge in [0.15, 0.2) is 17.3 Å². The second-order valence-corrected chi connectivity index (χ2v) is 6.80. The molecule has 2 aromatic carbocycles. The second kappa shape index (κ2) is 7.52. The number of ether oxygens (including phenoxy) is 3. The van der Waals surface area contributed by atoms with E-state index in [4.69, 9.17) is 14.2 Å². The van der Waals surface area contributed by atoms with Crippen LogP contribution in [0.4, 0.5) is 0 Å². The normalized spacial score (nSPS) is 14.1. The monoisotopic (exact) mass is 382 g/mol. The Bertz CT molecular complexity index is 1030. The average Bonchev–Trinajstić information content (AvgIpc) is 2.99. The van der Waals surface area contributed by atoms with Crippen molar-refractivity contribution in [1.29, 1.82) is 0 Å². The van der Waals surface area contributed by atoms with E-state index >= 15 is 0 Å². The molecule has 0 bridgehead atoms. The highest BCUT2D eigenvalue weighted by molar-refractivity contribution is 5.94. The van der Waals surface area contributed by atoms with Crippen LogP contribution >= 0.6 is 0 Å². The maximum Gasteiger partial charge on any atom is 0.163 e. The summed E-state index contributed by atoms with van der Waals surface area (Å²) in [5.41, 5.74) is 2.25. The predicted molar refractivity (Wildman–Crippen MR) is 103 cm³/mol. The number of fused-ring (bicyclic) bond motifs is 2. The van der Waals surface area contributed by atoms with E-state index in [0.717, 1.165) is 16.9 Å². The summed E-state index contributed by atoms with van der Waals surface area (Å²) < 4.78 is 18.9. The lowest BCUT2D eigenvalue weighted by atomic mass is 10.1. The predicted octanol–water partition coefficient (Wildman–Crippen LogP) is 2.76. The number of aliphatic hydroxyl groups excluding tert-OH is 1. The first kappa shape index (κ1) is 18.3. The van der Waals surface area contributed by atoms with Gasteiger partial charge in [0.05, 0.1) is 17.6 Å². The van der Waals surface area contributed by atoms with Crippen molar-refractivity contribution in [2.45, 2.75) is 26.5 Å².